The van der Waals surface area contributed by atoms with E-state index >= 15 is 0 Å². The molecule has 0 radical (unpaired) electrons. The standard InChI is InChI=1S/C17H16ClN3O3/c1-2-10-20(14-6-4-3-5-7-14)17(22)12-19-13-8-9-15(18)16(11-13)21(23)24/h2-9,11,19H,1,10,12H2. The number of nitrogens with one attached hydrogen (secondary N) is 1. The van der Waals surface area contributed by atoms with Crippen LogP contribution in [-0.4, -0.2) is 23.9 Å². The first-order chi connectivity index (χ1) is 11.5. The Hall–Kier alpha value is -2.86. The van der Waals surface area contributed by atoms with E-state index in [-0.39, 0.29) is 23.2 Å². The van der Waals surface area contributed by atoms with Crippen LogP contribution in [0.1, 0.15) is 0 Å². The van der Waals surface area contributed by atoms with Gasteiger partial charge in [-0.1, -0.05) is 35.9 Å². The van der Waals surface area contributed by atoms with E-state index in [0.29, 0.717) is 12.2 Å². The maximum absolute atomic E-state index is 12.4. The van der Waals surface area contributed by atoms with E-state index in [1.165, 1.54) is 12.1 Å². The van der Waals surface area contributed by atoms with Gasteiger partial charge in [0, 0.05) is 24.0 Å². The van der Waals surface area contributed by atoms with Crippen molar-refractivity contribution in [2.24, 2.45) is 0 Å². The van der Waals surface area contributed by atoms with E-state index in [2.05, 4.69) is 11.9 Å². The van der Waals surface area contributed by atoms with E-state index in [0.717, 1.165) is 5.69 Å². The van der Waals surface area contributed by atoms with Crippen LogP contribution in [0.25, 0.3) is 0 Å². The summed E-state index contributed by atoms with van der Waals surface area (Å²) < 4.78 is 0. The smallest absolute Gasteiger partial charge is 0.289 e. The molecule has 24 heavy (non-hydrogen) atoms. The lowest BCUT2D eigenvalue weighted by atomic mass is 10.2. The largest absolute Gasteiger partial charge is 0.376 e. The molecule has 1 N–H and O–H groups in total. The topological polar surface area (TPSA) is 75.5 Å². The van der Waals surface area contributed by atoms with Gasteiger partial charge in [0.15, 0.2) is 0 Å². The van der Waals surface area contributed by atoms with Crippen molar-refractivity contribution in [3.8, 4) is 0 Å². The third-order valence-corrected chi connectivity index (χ3v) is 3.59. The second-order valence-corrected chi connectivity index (χ2v) is 5.31. The van der Waals surface area contributed by atoms with Gasteiger partial charge in [0.2, 0.25) is 5.91 Å². The predicted octanol–water partition coefficient (Wildman–Crippen LogP) is 3.88. The van der Waals surface area contributed by atoms with Gasteiger partial charge in [-0.3, -0.25) is 14.9 Å². The third-order valence-electron chi connectivity index (χ3n) is 3.27. The fourth-order valence-corrected chi connectivity index (χ4v) is 2.31. The van der Waals surface area contributed by atoms with E-state index in [1.807, 2.05) is 30.3 Å². The Morgan fingerprint density at radius 3 is 2.62 bits per heavy atom. The highest BCUT2D eigenvalue weighted by atomic mass is 35.5. The molecule has 0 fully saturated rings. The molecule has 0 aliphatic rings. The number of rotatable bonds is 7. The average Bonchev–Trinajstić information content (AvgIpc) is 2.59. The number of benzene rings is 2. The van der Waals surface area contributed by atoms with Crippen LogP contribution in [0.5, 0.6) is 0 Å². The SMILES string of the molecule is C=CCN(C(=O)CNc1ccc(Cl)c([N+](=O)[O-])c1)c1ccccc1. The zero-order valence-corrected chi connectivity index (χ0v) is 13.6. The molecule has 0 aromatic heterocycles. The fraction of sp³-hybridized carbons (Fsp3) is 0.118. The van der Waals surface area contributed by atoms with Gasteiger partial charge in [0.1, 0.15) is 5.02 Å². The molecular formula is C17H16ClN3O3. The number of nitro benzene ring substituents is 1. The van der Waals surface area contributed by atoms with Crippen LogP contribution < -0.4 is 10.2 Å². The van der Waals surface area contributed by atoms with E-state index in [1.54, 1.807) is 17.0 Å². The molecule has 6 nitrogen and oxygen atoms in total. The minimum atomic E-state index is -0.566. The molecule has 2 aromatic rings. The Labute approximate surface area is 144 Å². The highest BCUT2D eigenvalue weighted by molar-refractivity contribution is 6.32. The minimum absolute atomic E-state index is 0.0124. The number of carbonyl (C=O) groups excluding carboxylic acids is 1. The lowest BCUT2D eigenvalue weighted by molar-refractivity contribution is -0.384. The summed E-state index contributed by atoms with van der Waals surface area (Å²) in [5.41, 5.74) is 0.998. The Bertz CT molecular complexity index is 750. The highest BCUT2D eigenvalue weighted by Gasteiger charge is 2.16. The molecule has 0 aliphatic heterocycles. The lowest BCUT2D eigenvalue weighted by Gasteiger charge is -2.21. The van der Waals surface area contributed by atoms with Crippen molar-refractivity contribution in [2.75, 3.05) is 23.3 Å². The van der Waals surface area contributed by atoms with Crippen molar-refractivity contribution in [1.29, 1.82) is 0 Å². The number of carbonyl (C=O) groups is 1. The first-order valence-electron chi connectivity index (χ1n) is 7.17. The first-order valence-corrected chi connectivity index (χ1v) is 7.55. The molecule has 0 aliphatic carbocycles. The molecule has 7 heteroatoms. The van der Waals surface area contributed by atoms with Crippen LogP contribution in [0.3, 0.4) is 0 Å². The summed E-state index contributed by atoms with van der Waals surface area (Å²) in [4.78, 5) is 24.4. The second-order valence-electron chi connectivity index (χ2n) is 4.91. The van der Waals surface area contributed by atoms with Gasteiger partial charge >= 0.3 is 0 Å². The lowest BCUT2D eigenvalue weighted by Crippen LogP contribution is -2.35. The number of halogens is 1. The summed E-state index contributed by atoms with van der Waals surface area (Å²) in [7, 11) is 0. The molecule has 2 rings (SSSR count). The Kier molecular flexibility index (Phi) is 5.92. The Morgan fingerprint density at radius 1 is 1.29 bits per heavy atom. The Morgan fingerprint density at radius 2 is 2.00 bits per heavy atom. The molecule has 0 bridgehead atoms. The van der Waals surface area contributed by atoms with Crippen molar-refractivity contribution in [3.63, 3.8) is 0 Å². The first kappa shape index (κ1) is 17.5. The number of anilines is 2. The van der Waals surface area contributed by atoms with Gasteiger partial charge in [-0.2, -0.15) is 0 Å². The van der Waals surface area contributed by atoms with Crippen LogP contribution in [-0.2, 0) is 4.79 Å². The summed E-state index contributed by atoms with van der Waals surface area (Å²) >= 11 is 5.77. The van der Waals surface area contributed by atoms with Crippen LogP contribution in [0.2, 0.25) is 5.02 Å². The van der Waals surface area contributed by atoms with Gasteiger partial charge in [-0.25, -0.2) is 0 Å². The van der Waals surface area contributed by atoms with Crippen molar-refractivity contribution in [1.82, 2.24) is 0 Å². The van der Waals surface area contributed by atoms with Gasteiger partial charge in [-0.05, 0) is 24.3 Å². The van der Waals surface area contributed by atoms with Crippen molar-refractivity contribution >= 4 is 34.6 Å². The molecule has 2 aromatic carbocycles. The van der Waals surface area contributed by atoms with Gasteiger partial charge in [0.25, 0.3) is 5.69 Å². The van der Waals surface area contributed by atoms with Gasteiger partial charge < -0.3 is 10.2 Å². The maximum Gasteiger partial charge on any atom is 0.289 e. The summed E-state index contributed by atoms with van der Waals surface area (Å²) in [5.74, 6) is -0.182. The van der Waals surface area contributed by atoms with Crippen LogP contribution in [0.15, 0.2) is 61.2 Å². The third kappa shape index (κ3) is 4.33. The summed E-state index contributed by atoms with van der Waals surface area (Å²) in [6.45, 7) is 4.02. The highest BCUT2D eigenvalue weighted by Crippen LogP contribution is 2.27. The zero-order valence-electron chi connectivity index (χ0n) is 12.8. The molecule has 1 amide bonds. The number of nitro groups is 1. The van der Waals surface area contributed by atoms with Crippen LogP contribution >= 0.6 is 11.6 Å². The number of nitrogens with zero attached hydrogens (tertiary/aromatic N) is 2. The molecule has 0 spiro atoms. The molecular weight excluding hydrogens is 330 g/mol. The summed E-state index contributed by atoms with van der Waals surface area (Å²) in [6, 6.07) is 13.5. The van der Waals surface area contributed by atoms with Crippen molar-refractivity contribution in [3.05, 3.63) is 76.3 Å². The summed E-state index contributed by atoms with van der Waals surface area (Å²) in [5, 5.41) is 13.8. The molecule has 124 valence electrons. The minimum Gasteiger partial charge on any atom is -0.376 e. The van der Waals surface area contributed by atoms with Gasteiger partial charge in [0.05, 0.1) is 11.5 Å². The second kappa shape index (κ2) is 8.12. The monoisotopic (exact) mass is 345 g/mol. The Balaban J connectivity index is 2.10. The molecule has 0 unspecified atom stereocenters. The molecule has 0 atom stereocenters. The van der Waals surface area contributed by atoms with E-state index < -0.39 is 4.92 Å². The molecule has 0 heterocycles. The van der Waals surface area contributed by atoms with Crippen molar-refractivity contribution in [2.45, 2.75) is 0 Å². The predicted molar refractivity (Wildman–Crippen MR) is 95.6 cm³/mol. The normalized spacial score (nSPS) is 10.0. The fourth-order valence-electron chi connectivity index (χ4n) is 2.12. The van der Waals surface area contributed by atoms with E-state index in [4.69, 9.17) is 11.6 Å². The number of hydrogen-bond acceptors (Lipinski definition) is 4. The number of amides is 1. The zero-order chi connectivity index (χ0) is 17.5. The van der Waals surface area contributed by atoms with Crippen molar-refractivity contribution < 1.29 is 9.72 Å². The average molecular weight is 346 g/mol. The number of para-hydroxylation sites is 1. The number of hydrogen-bond donors (Lipinski definition) is 1. The van der Waals surface area contributed by atoms with Crippen LogP contribution in [0, 0.1) is 10.1 Å². The van der Waals surface area contributed by atoms with Crippen LogP contribution in [0.4, 0.5) is 17.1 Å². The molecule has 0 saturated carbocycles. The maximum atomic E-state index is 12.4. The molecule has 0 saturated heterocycles. The van der Waals surface area contributed by atoms with Gasteiger partial charge in [-0.15, -0.1) is 6.58 Å². The summed E-state index contributed by atoms with van der Waals surface area (Å²) in [6.07, 6.45) is 1.64. The van der Waals surface area contributed by atoms with E-state index in [9.17, 15) is 14.9 Å². The quantitative estimate of drug-likeness (QED) is 0.469.